The van der Waals surface area contributed by atoms with Gasteiger partial charge in [-0.2, -0.15) is 4.98 Å². The van der Waals surface area contributed by atoms with Gasteiger partial charge in [0.05, 0.1) is 24.9 Å². The molecule has 2 aliphatic heterocycles. The van der Waals surface area contributed by atoms with E-state index in [4.69, 9.17) is 16.3 Å². The molecule has 0 bridgehead atoms. The Hall–Kier alpha value is -2.61. The summed E-state index contributed by atoms with van der Waals surface area (Å²) in [6, 6.07) is 15.1. The van der Waals surface area contributed by atoms with E-state index in [0.29, 0.717) is 22.9 Å². The van der Waals surface area contributed by atoms with Gasteiger partial charge in [0.2, 0.25) is 5.95 Å². The van der Waals surface area contributed by atoms with E-state index in [-0.39, 0.29) is 0 Å². The zero-order chi connectivity index (χ0) is 21.5. The van der Waals surface area contributed by atoms with Crippen LogP contribution in [0.15, 0.2) is 48.8 Å². The van der Waals surface area contributed by atoms with Gasteiger partial charge < -0.3 is 15.0 Å². The second-order valence-electron chi connectivity index (χ2n) is 8.92. The first-order valence-corrected chi connectivity index (χ1v) is 11.8. The lowest BCUT2D eigenvalue weighted by Crippen LogP contribution is -2.56. The topological polar surface area (TPSA) is 58.5 Å². The lowest BCUT2D eigenvalue weighted by atomic mass is 10.1. The maximum Gasteiger partial charge on any atom is 0.246 e. The summed E-state index contributed by atoms with van der Waals surface area (Å²) < 4.78 is 7.11. The highest BCUT2D eigenvalue weighted by Crippen LogP contribution is 2.42. The SMILES string of the molecule is Clc1cccc(-n2cnc(Nc3cc(C4CC4)cc(N4CCN(C5COC5)CC4)c3)n2)c1. The second-order valence-corrected chi connectivity index (χ2v) is 9.36. The van der Waals surface area contributed by atoms with Gasteiger partial charge in [-0.3, -0.25) is 4.90 Å². The molecule has 3 aliphatic rings. The van der Waals surface area contributed by atoms with Gasteiger partial charge in [0.25, 0.3) is 0 Å². The molecule has 0 radical (unpaired) electrons. The van der Waals surface area contributed by atoms with E-state index in [0.717, 1.165) is 50.8 Å². The Kier molecular flexibility index (Phi) is 5.25. The average Bonchev–Trinajstić information content (AvgIpc) is 3.52. The Bertz CT molecular complexity index is 1100. The first-order chi connectivity index (χ1) is 15.7. The smallest absolute Gasteiger partial charge is 0.246 e. The molecular formula is C24H27ClN6O. The van der Waals surface area contributed by atoms with Crippen molar-refractivity contribution >= 4 is 28.9 Å². The van der Waals surface area contributed by atoms with Crippen LogP contribution in [0, 0.1) is 0 Å². The number of hydrogen-bond acceptors (Lipinski definition) is 6. The van der Waals surface area contributed by atoms with Crippen molar-refractivity contribution in [3.8, 4) is 5.69 Å². The Balaban J connectivity index is 1.20. The van der Waals surface area contributed by atoms with E-state index < -0.39 is 0 Å². The van der Waals surface area contributed by atoms with Crippen molar-refractivity contribution in [2.75, 3.05) is 49.6 Å². The van der Waals surface area contributed by atoms with Gasteiger partial charge in [0, 0.05) is 42.6 Å². The van der Waals surface area contributed by atoms with Gasteiger partial charge in [-0.05, 0) is 60.7 Å². The van der Waals surface area contributed by atoms with Crippen LogP contribution in [0.3, 0.4) is 0 Å². The van der Waals surface area contributed by atoms with E-state index in [1.165, 1.54) is 24.1 Å². The molecular weight excluding hydrogens is 424 g/mol. The monoisotopic (exact) mass is 450 g/mol. The van der Waals surface area contributed by atoms with Gasteiger partial charge in [0.15, 0.2) is 0 Å². The fourth-order valence-corrected chi connectivity index (χ4v) is 4.70. The maximum absolute atomic E-state index is 6.12. The van der Waals surface area contributed by atoms with Crippen LogP contribution in [0.2, 0.25) is 5.02 Å². The third-order valence-electron chi connectivity index (χ3n) is 6.63. The van der Waals surface area contributed by atoms with Crippen LogP contribution in [0.25, 0.3) is 5.69 Å². The molecule has 2 aromatic carbocycles. The highest BCUT2D eigenvalue weighted by atomic mass is 35.5. The fraction of sp³-hybridized carbons (Fsp3) is 0.417. The van der Waals surface area contributed by atoms with Crippen LogP contribution in [0.5, 0.6) is 0 Å². The van der Waals surface area contributed by atoms with E-state index in [9.17, 15) is 0 Å². The van der Waals surface area contributed by atoms with E-state index in [1.807, 2.05) is 24.3 Å². The predicted octanol–water partition coefficient (Wildman–Crippen LogP) is 4.06. The molecule has 7 nitrogen and oxygen atoms in total. The molecule has 2 saturated heterocycles. The molecule has 0 atom stereocenters. The molecule has 3 heterocycles. The summed E-state index contributed by atoms with van der Waals surface area (Å²) in [6.45, 7) is 6.06. The first kappa shape index (κ1) is 20.0. The van der Waals surface area contributed by atoms with Gasteiger partial charge in [-0.1, -0.05) is 17.7 Å². The minimum absolute atomic E-state index is 0.582. The lowest BCUT2D eigenvalue weighted by molar-refractivity contribution is -0.0660. The molecule has 8 heteroatoms. The number of ether oxygens (including phenoxy) is 1. The Labute approximate surface area is 192 Å². The highest BCUT2D eigenvalue weighted by molar-refractivity contribution is 6.30. The Morgan fingerprint density at radius 2 is 1.81 bits per heavy atom. The van der Waals surface area contributed by atoms with Crippen LogP contribution in [-0.2, 0) is 4.74 Å². The Morgan fingerprint density at radius 3 is 2.53 bits per heavy atom. The lowest BCUT2D eigenvalue weighted by Gasteiger charge is -2.43. The van der Waals surface area contributed by atoms with Crippen LogP contribution in [-0.4, -0.2) is 65.1 Å². The zero-order valence-electron chi connectivity index (χ0n) is 18.0. The number of nitrogens with zero attached hydrogens (tertiary/aromatic N) is 5. The van der Waals surface area contributed by atoms with Crippen molar-refractivity contribution in [1.82, 2.24) is 19.7 Å². The summed E-state index contributed by atoms with van der Waals surface area (Å²) in [6.07, 6.45) is 4.27. The number of anilines is 3. The largest absolute Gasteiger partial charge is 0.378 e. The third-order valence-corrected chi connectivity index (χ3v) is 6.86. The summed E-state index contributed by atoms with van der Waals surface area (Å²) in [5.41, 5.74) is 4.63. The number of aromatic nitrogens is 3. The average molecular weight is 451 g/mol. The van der Waals surface area contributed by atoms with Crippen molar-refractivity contribution in [2.45, 2.75) is 24.8 Å². The van der Waals surface area contributed by atoms with Crippen LogP contribution in [0.4, 0.5) is 17.3 Å². The van der Waals surface area contributed by atoms with Crippen LogP contribution >= 0.6 is 11.6 Å². The summed E-state index contributed by atoms with van der Waals surface area (Å²) in [7, 11) is 0. The molecule has 32 heavy (non-hydrogen) atoms. The predicted molar refractivity (Wildman–Crippen MR) is 126 cm³/mol. The number of rotatable bonds is 6. The number of halogens is 1. The quantitative estimate of drug-likeness (QED) is 0.611. The Morgan fingerprint density at radius 1 is 0.969 bits per heavy atom. The number of nitrogens with one attached hydrogen (secondary N) is 1. The van der Waals surface area contributed by atoms with Gasteiger partial charge in [-0.25, -0.2) is 4.68 Å². The molecule has 1 saturated carbocycles. The van der Waals surface area contributed by atoms with E-state index >= 15 is 0 Å². The molecule has 6 rings (SSSR count). The van der Waals surface area contributed by atoms with Crippen molar-refractivity contribution in [2.24, 2.45) is 0 Å². The molecule has 1 aromatic heterocycles. The summed E-state index contributed by atoms with van der Waals surface area (Å²) in [5, 5.41) is 8.70. The van der Waals surface area contributed by atoms with Gasteiger partial charge in [0.1, 0.15) is 6.33 Å². The highest BCUT2D eigenvalue weighted by Gasteiger charge is 2.30. The normalized spacial score (nSPS) is 19.7. The molecule has 0 amide bonds. The molecule has 1 aliphatic carbocycles. The van der Waals surface area contributed by atoms with Crippen molar-refractivity contribution in [3.05, 3.63) is 59.4 Å². The van der Waals surface area contributed by atoms with Crippen molar-refractivity contribution < 1.29 is 4.74 Å². The van der Waals surface area contributed by atoms with E-state index in [2.05, 4.69) is 43.4 Å². The van der Waals surface area contributed by atoms with Crippen molar-refractivity contribution in [1.29, 1.82) is 0 Å². The summed E-state index contributed by atoms with van der Waals surface area (Å²) >= 11 is 6.12. The minimum Gasteiger partial charge on any atom is -0.378 e. The molecule has 0 unspecified atom stereocenters. The van der Waals surface area contributed by atoms with Crippen LogP contribution in [0.1, 0.15) is 24.3 Å². The molecule has 3 aromatic rings. The van der Waals surface area contributed by atoms with Crippen LogP contribution < -0.4 is 10.2 Å². The summed E-state index contributed by atoms with van der Waals surface area (Å²) in [4.78, 5) is 9.53. The maximum atomic E-state index is 6.12. The first-order valence-electron chi connectivity index (χ1n) is 11.4. The molecule has 0 spiro atoms. The van der Waals surface area contributed by atoms with Gasteiger partial charge >= 0.3 is 0 Å². The minimum atomic E-state index is 0.582. The van der Waals surface area contributed by atoms with E-state index in [1.54, 1.807) is 11.0 Å². The number of hydrogen-bond donors (Lipinski definition) is 1. The zero-order valence-corrected chi connectivity index (χ0v) is 18.7. The third kappa shape index (κ3) is 4.20. The fourth-order valence-electron chi connectivity index (χ4n) is 4.51. The molecule has 1 N–H and O–H groups in total. The van der Waals surface area contributed by atoms with Gasteiger partial charge in [-0.15, -0.1) is 5.10 Å². The summed E-state index contributed by atoms with van der Waals surface area (Å²) in [5.74, 6) is 1.26. The molecule has 166 valence electrons. The number of benzene rings is 2. The standard InChI is InChI=1S/C24H27ClN6O/c25-19-2-1-3-21(12-19)31-16-26-24(28-31)27-20-10-18(17-4-5-17)11-22(13-20)29-6-8-30(9-7-29)23-14-32-15-23/h1-3,10-13,16-17,23H,4-9,14-15H2,(H,27,28). The van der Waals surface area contributed by atoms with Crippen molar-refractivity contribution in [3.63, 3.8) is 0 Å². The molecule has 3 fully saturated rings. The second kappa shape index (κ2) is 8.39. The number of piperazine rings is 1.